The molecule has 0 bridgehead atoms. The van der Waals surface area contributed by atoms with Crippen molar-refractivity contribution in [1.82, 2.24) is 5.32 Å². The second kappa shape index (κ2) is 11.9. The predicted molar refractivity (Wildman–Crippen MR) is 143 cm³/mol. The highest BCUT2D eigenvalue weighted by atomic mass is 32.2. The van der Waals surface area contributed by atoms with E-state index in [-0.39, 0.29) is 17.3 Å². The number of carbonyl (C=O) groups excluding carboxylic acids is 1. The standard InChI is InChI=1S/C29H32N2O4S/c1-35-27-18-16-26(17-19-27)31(36(33,34)28-10-6-3-7-11-28)22-24-12-14-25(15-13-24)29(32)30-21-20-23-8-4-2-5-9-23/h3,6-8,10-19H,2,4-5,9,20-22H2,1H3,(H,30,32). The fraction of sp³-hybridized carbons (Fsp3) is 0.276. The third kappa shape index (κ3) is 6.34. The minimum atomic E-state index is -3.81. The molecular weight excluding hydrogens is 472 g/mol. The molecule has 1 aliphatic rings. The van der Waals surface area contributed by atoms with Crippen LogP contribution >= 0.6 is 0 Å². The predicted octanol–water partition coefficient (Wildman–Crippen LogP) is 5.71. The maximum absolute atomic E-state index is 13.5. The van der Waals surface area contributed by atoms with Crippen LogP contribution in [0.3, 0.4) is 0 Å². The zero-order chi connectivity index (χ0) is 25.4. The van der Waals surface area contributed by atoms with Gasteiger partial charge in [-0.3, -0.25) is 9.10 Å². The highest BCUT2D eigenvalue weighted by Crippen LogP contribution is 2.28. The summed E-state index contributed by atoms with van der Waals surface area (Å²) in [6.07, 6.45) is 7.93. The van der Waals surface area contributed by atoms with Gasteiger partial charge in [-0.25, -0.2) is 8.42 Å². The summed E-state index contributed by atoms with van der Waals surface area (Å²) in [4.78, 5) is 12.8. The normalized spacial score (nSPS) is 13.5. The van der Waals surface area contributed by atoms with Gasteiger partial charge in [0.05, 0.1) is 24.2 Å². The van der Waals surface area contributed by atoms with E-state index in [4.69, 9.17) is 4.74 Å². The summed E-state index contributed by atoms with van der Waals surface area (Å²) in [5.74, 6) is 0.521. The smallest absolute Gasteiger partial charge is 0.264 e. The highest BCUT2D eigenvalue weighted by molar-refractivity contribution is 7.92. The minimum Gasteiger partial charge on any atom is -0.497 e. The molecule has 7 heteroatoms. The first-order valence-electron chi connectivity index (χ1n) is 12.2. The largest absolute Gasteiger partial charge is 0.497 e. The number of sulfonamides is 1. The molecule has 0 atom stereocenters. The van der Waals surface area contributed by atoms with Crippen LogP contribution < -0.4 is 14.4 Å². The number of carbonyl (C=O) groups is 1. The van der Waals surface area contributed by atoms with Gasteiger partial charge in [0.2, 0.25) is 0 Å². The van der Waals surface area contributed by atoms with Gasteiger partial charge in [-0.15, -0.1) is 0 Å². The maximum atomic E-state index is 13.5. The summed E-state index contributed by atoms with van der Waals surface area (Å²) >= 11 is 0. The molecule has 6 nitrogen and oxygen atoms in total. The summed E-state index contributed by atoms with van der Waals surface area (Å²) < 4.78 is 33.7. The van der Waals surface area contributed by atoms with Crippen molar-refractivity contribution in [2.24, 2.45) is 0 Å². The van der Waals surface area contributed by atoms with E-state index in [1.807, 2.05) is 0 Å². The van der Waals surface area contributed by atoms with Crippen LogP contribution in [0.5, 0.6) is 5.75 Å². The number of allylic oxidation sites excluding steroid dienone is 1. The highest BCUT2D eigenvalue weighted by Gasteiger charge is 2.25. The number of benzene rings is 3. The van der Waals surface area contributed by atoms with Crippen molar-refractivity contribution in [2.75, 3.05) is 18.0 Å². The Morgan fingerprint density at radius 2 is 1.67 bits per heavy atom. The van der Waals surface area contributed by atoms with Crippen molar-refractivity contribution in [1.29, 1.82) is 0 Å². The van der Waals surface area contributed by atoms with Gasteiger partial charge in [0, 0.05) is 12.1 Å². The van der Waals surface area contributed by atoms with Crippen LogP contribution in [-0.4, -0.2) is 28.0 Å². The fourth-order valence-electron chi connectivity index (χ4n) is 4.28. The summed E-state index contributed by atoms with van der Waals surface area (Å²) in [6.45, 7) is 0.743. The molecule has 0 aliphatic heterocycles. The Bertz CT molecular complexity index is 1290. The fourth-order valence-corrected chi connectivity index (χ4v) is 5.75. The average molecular weight is 505 g/mol. The third-order valence-electron chi connectivity index (χ3n) is 6.35. The van der Waals surface area contributed by atoms with E-state index in [1.54, 1.807) is 86.0 Å². The number of hydrogen-bond donors (Lipinski definition) is 1. The van der Waals surface area contributed by atoms with E-state index in [2.05, 4.69) is 11.4 Å². The molecule has 0 radical (unpaired) electrons. The van der Waals surface area contributed by atoms with Gasteiger partial charge < -0.3 is 10.1 Å². The molecule has 1 amide bonds. The van der Waals surface area contributed by atoms with Gasteiger partial charge in [0.15, 0.2) is 0 Å². The number of rotatable bonds is 10. The quantitative estimate of drug-likeness (QED) is 0.359. The van der Waals surface area contributed by atoms with Crippen LogP contribution in [0, 0.1) is 0 Å². The van der Waals surface area contributed by atoms with E-state index in [9.17, 15) is 13.2 Å². The first-order valence-corrected chi connectivity index (χ1v) is 13.7. The van der Waals surface area contributed by atoms with Crippen LogP contribution in [0.25, 0.3) is 0 Å². The minimum absolute atomic E-state index is 0.123. The number of amides is 1. The number of methoxy groups -OCH3 is 1. The molecule has 3 aromatic carbocycles. The molecule has 0 spiro atoms. The summed E-state index contributed by atoms with van der Waals surface area (Å²) in [5, 5.41) is 2.99. The van der Waals surface area contributed by atoms with Crippen molar-refractivity contribution in [3.05, 3.63) is 102 Å². The Morgan fingerprint density at radius 1 is 0.944 bits per heavy atom. The summed E-state index contributed by atoms with van der Waals surface area (Å²) in [7, 11) is -2.25. The van der Waals surface area contributed by atoms with E-state index >= 15 is 0 Å². The number of ether oxygens (including phenoxy) is 1. The second-order valence-corrected chi connectivity index (χ2v) is 10.7. The van der Waals surface area contributed by atoms with Gasteiger partial charge in [-0.2, -0.15) is 0 Å². The van der Waals surface area contributed by atoms with Gasteiger partial charge in [-0.05, 0) is 86.2 Å². The Balaban J connectivity index is 1.48. The SMILES string of the molecule is COc1ccc(N(Cc2ccc(C(=O)NCCC3=CCCCC3)cc2)S(=O)(=O)c2ccccc2)cc1. The molecule has 4 rings (SSSR count). The first-order chi connectivity index (χ1) is 17.5. The molecule has 1 N–H and O–H groups in total. The van der Waals surface area contributed by atoms with Crippen molar-refractivity contribution in [2.45, 2.75) is 43.5 Å². The average Bonchev–Trinajstić information content (AvgIpc) is 2.93. The van der Waals surface area contributed by atoms with E-state index in [1.165, 1.54) is 22.7 Å². The number of nitrogens with zero attached hydrogens (tertiary/aromatic N) is 1. The molecule has 1 aliphatic carbocycles. The molecule has 0 unspecified atom stereocenters. The van der Waals surface area contributed by atoms with E-state index in [0.717, 1.165) is 24.8 Å². The van der Waals surface area contributed by atoms with Crippen molar-refractivity contribution < 1.29 is 17.9 Å². The van der Waals surface area contributed by atoms with Crippen LogP contribution in [0.2, 0.25) is 0 Å². The molecular formula is C29H32N2O4S. The lowest BCUT2D eigenvalue weighted by Crippen LogP contribution is -2.30. The van der Waals surface area contributed by atoms with Crippen LogP contribution in [0.4, 0.5) is 5.69 Å². The van der Waals surface area contributed by atoms with Gasteiger partial charge in [0.1, 0.15) is 5.75 Å². The number of nitrogens with one attached hydrogen (secondary N) is 1. The summed E-state index contributed by atoms with van der Waals surface area (Å²) in [6, 6.07) is 22.4. The lowest BCUT2D eigenvalue weighted by atomic mass is 9.97. The Labute approximate surface area is 213 Å². The van der Waals surface area contributed by atoms with Crippen LogP contribution in [0.1, 0.15) is 48.0 Å². The van der Waals surface area contributed by atoms with Gasteiger partial charge in [0.25, 0.3) is 15.9 Å². The Kier molecular flexibility index (Phi) is 8.44. The van der Waals surface area contributed by atoms with Crippen molar-refractivity contribution in [3.8, 4) is 5.75 Å². The summed E-state index contributed by atoms with van der Waals surface area (Å²) in [5.41, 5.74) is 3.28. The zero-order valence-electron chi connectivity index (χ0n) is 20.5. The van der Waals surface area contributed by atoms with Crippen molar-refractivity contribution >= 4 is 21.6 Å². The monoisotopic (exact) mass is 504 g/mol. The topological polar surface area (TPSA) is 75.7 Å². The Hall–Kier alpha value is -3.58. The maximum Gasteiger partial charge on any atom is 0.264 e. The van der Waals surface area contributed by atoms with Gasteiger partial charge in [-0.1, -0.05) is 42.0 Å². The molecule has 0 fully saturated rings. The molecule has 36 heavy (non-hydrogen) atoms. The molecule has 0 saturated heterocycles. The van der Waals surface area contributed by atoms with E-state index in [0.29, 0.717) is 23.5 Å². The first kappa shape index (κ1) is 25.5. The molecule has 0 aromatic heterocycles. The zero-order valence-corrected chi connectivity index (χ0v) is 21.3. The molecule has 3 aromatic rings. The lowest BCUT2D eigenvalue weighted by Gasteiger charge is -2.25. The van der Waals surface area contributed by atoms with Crippen molar-refractivity contribution in [3.63, 3.8) is 0 Å². The van der Waals surface area contributed by atoms with Crippen LogP contribution in [-0.2, 0) is 16.6 Å². The third-order valence-corrected chi connectivity index (χ3v) is 8.14. The van der Waals surface area contributed by atoms with Crippen LogP contribution in [0.15, 0.2) is 95.4 Å². The second-order valence-electron chi connectivity index (χ2n) is 8.83. The lowest BCUT2D eigenvalue weighted by molar-refractivity contribution is 0.0954. The molecule has 188 valence electrons. The van der Waals surface area contributed by atoms with Gasteiger partial charge >= 0.3 is 0 Å². The Morgan fingerprint density at radius 3 is 2.31 bits per heavy atom. The van der Waals surface area contributed by atoms with E-state index < -0.39 is 10.0 Å². The molecule has 0 heterocycles. The number of anilines is 1. The number of hydrogen-bond acceptors (Lipinski definition) is 4. The molecule has 0 saturated carbocycles.